The van der Waals surface area contributed by atoms with Crippen LogP contribution in [-0.2, 0) is 5.41 Å². The minimum atomic E-state index is -0.267. The summed E-state index contributed by atoms with van der Waals surface area (Å²) in [7, 11) is 0. The Morgan fingerprint density at radius 1 is 0.700 bits per heavy atom. The minimum absolute atomic E-state index is 0.267. The normalized spacial score (nSPS) is 11.5. The van der Waals surface area contributed by atoms with Crippen LogP contribution in [0.15, 0.2) is 77.2 Å². The minimum Gasteiger partial charge on any atom is -0.465 e. The molecule has 0 unspecified atom stereocenters. The Kier molecular flexibility index (Phi) is 3.19. The molecule has 3 rings (SSSR count). The summed E-state index contributed by atoms with van der Waals surface area (Å²) in [5.41, 5.74) is 2.21. The lowest BCUT2D eigenvalue weighted by atomic mass is 9.74. The molecule has 0 aliphatic carbocycles. The van der Waals surface area contributed by atoms with E-state index in [1.54, 1.807) is 0 Å². The first kappa shape index (κ1) is 12.7. The summed E-state index contributed by atoms with van der Waals surface area (Å²) in [5.74, 6) is 1.92. The van der Waals surface area contributed by atoms with Crippen molar-refractivity contribution >= 4 is 0 Å². The lowest BCUT2D eigenvalue weighted by molar-refractivity contribution is 0.429. The number of benzene rings is 2. The standard InChI is InChI=1S/C19H18O/c1-15-13-14-18(20-15)19(2,16-9-5-3-6-10-16)17-11-7-4-8-12-17/h3-14H,1-2H3. The van der Waals surface area contributed by atoms with E-state index in [1.165, 1.54) is 11.1 Å². The van der Waals surface area contributed by atoms with Gasteiger partial charge in [0.2, 0.25) is 0 Å². The van der Waals surface area contributed by atoms with Gasteiger partial charge in [-0.2, -0.15) is 0 Å². The number of rotatable bonds is 3. The Bertz CT molecular complexity index is 641. The van der Waals surface area contributed by atoms with Gasteiger partial charge in [0.25, 0.3) is 0 Å². The van der Waals surface area contributed by atoms with Crippen molar-refractivity contribution in [3.8, 4) is 0 Å². The van der Waals surface area contributed by atoms with E-state index in [0.29, 0.717) is 0 Å². The molecule has 0 atom stereocenters. The van der Waals surface area contributed by atoms with E-state index in [1.807, 2.05) is 25.1 Å². The summed E-state index contributed by atoms with van der Waals surface area (Å²) in [5, 5.41) is 0. The summed E-state index contributed by atoms with van der Waals surface area (Å²) < 4.78 is 5.96. The van der Waals surface area contributed by atoms with Crippen LogP contribution < -0.4 is 0 Å². The molecule has 0 amide bonds. The van der Waals surface area contributed by atoms with Crippen molar-refractivity contribution in [3.05, 3.63) is 95.4 Å². The first-order chi connectivity index (χ1) is 9.71. The molecule has 0 aliphatic rings. The molecule has 1 nitrogen and oxygen atoms in total. The Labute approximate surface area is 119 Å². The first-order valence-corrected chi connectivity index (χ1v) is 6.89. The second kappa shape index (κ2) is 5.01. The molecule has 0 radical (unpaired) electrons. The van der Waals surface area contributed by atoms with Crippen LogP contribution in [0, 0.1) is 6.92 Å². The van der Waals surface area contributed by atoms with E-state index >= 15 is 0 Å². The topological polar surface area (TPSA) is 13.1 Å². The van der Waals surface area contributed by atoms with Crippen LogP contribution in [0.3, 0.4) is 0 Å². The van der Waals surface area contributed by atoms with Gasteiger partial charge in [-0.25, -0.2) is 0 Å². The summed E-state index contributed by atoms with van der Waals surface area (Å²) in [6.45, 7) is 4.20. The van der Waals surface area contributed by atoms with Gasteiger partial charge in [0, 0.05) is 0 Å². The van der Waals surface area contributed by atoms with Crippen LogP contribution in [0.25, 0.3) is 0 Å². The molecule has 2 aromatic carbocycles. The third-order valence-electron chi connectivity index (χ3n) is 3.94. The van der Waals surface area contributed by atoms with E-state index < -0.39 is 0 Å². The summed E-state index contributed by atoms with van der Waals surface area (Å²) >= 11 is 0. The number of hydrogen-bond donors (Lipinski definition) is 0. The van der Waals surface area contributed by atoms with Crippen LogP contribution >= 0.6 is 0 Å². The van der Waals surface area contributed by atoms with Gasteiger partial charge in [-0.3, -0.25) is 0 Å². The number of hydrogen-bond acceptors (Lipinski definition) is 1. The lowest BCUT2D eigenvalue weighted by Gasteiger charge is -2.29. The van der Waals surface area contributed by atoms with Crippen LogP contribution in [-0.4, -0.2) is 0 Å². The molecule has 0 N–H and O–H groups in total. The van der Waals surface area contributed by atoms with E-state index in [-0.39, 0.29) is 5.41 Å². The molecule has 20 heavy (non-hydrogen) atoms. The second-order valence-electron chi connectivity index (χ2n) is 5.27. The molecule has 0 saturated heterocycles. The maximum atomic E-state index is 5.96. The lowest BCUT2D eigenvalue weighted by Crippen LogP contribution is -2.24. The quantitative estimate of drug-likeness (QED) is 0.651. The molecule has 3 aromatic rings. The van der Waals surface area contributed by atoms with Crippen molar-refractivity contribution in [1.29, 1.82) is 0 Å². The predicted octanol–water partition coefficient (Wildman–Crippen LogP) is 4.94. The van der Waals surface area contributed by atoms with Gasteiger partial charge in [0.1, 0.15) is 11.5 Å². The van der Waals surface area contributed by atoms with Crippen LogP contribution in [0.4, 0.5) is 0 Å². The molecule has 0 aliphatic heterocycles. The van der Waals surface area contributed by atoms with Crippen LogP contribution in [0.1, 0.15) is 29.6 Å². The van der Waals surface area contributed by atoms with Gasteiger partial charge in [0.05, 0.1) is 5.41 Å². The Hall–Kier alpha value is -2.28. The maximum Gasteiger partial charge on any atom is 0.118 e. The molecule has 0 fully saturated rings. The SMILES string of the molecule is Cc1ccc(C(C)(c2ccccc2)c2ccccc2)o1. The Morgan fingerprint density at radius 3 is 1.60 bits per heavy atom. The van der Waals surface area contributed by atoms with Gasteiger partial charge in [0.15, 0.2) is 0 Å². The summed E-state index contributed by atoms with van der Waals surface area (Å²) in [6, 6.07) is 25.1. The highest BCUT2D eigenvalue weighted by Gasteiger charge is 2.33. The van der Waals surface area contributed by atoms with Gasteiger partial charge >= 0.3 is 0 Å². The number of furan rings is 1. The first-order valence-electron chi connectivity index (χ1n) is 6.89. The van der Waals surface area contributed by atoms with Gasteiger partial charge in [-0.05, 0) is 37.1 Å². The fourth-order valence-electron chi connectivity index (χ4n) is 2.70. The summed E-state index contributed by atoms with van der Waals surface area (Å²) in [6.07, 6.45) is 0. The fraction of sp³-hybridized carbons (Fsp3) is 0.158. The molecular weight excluding hydrogens is 244 g/mol. The predicted molar refractivity (Wildman–Crippen MR) is 81.9 cm³/mol. The van der Waals surface area contributed by atoms with Crippen molar-refractivity contribution in [2.75, 3.05) is 0 Å². The smallest absolute Gasteiger partial charge is 0.118 e. The molecule has 0 saturated carbocycles. The Balaban J connectivity index is 2.23. The monoisotopic (exact) mass is 262 g/mol. The van der Waals surface area contributed by atoms with Gasteiger partial charge < -0.3 is 4.42 Å². The highest BCUT2D eigenvalue weighted by atomic mass is 16.3. The van der Waals surface area contributed by atoms with Gasteiger partial charge in [-0.15, -0.1) is 0 Å². The zero-order valence-electron chi connectivity index (χ0n) is 11.8. The average Bonchev–Trinajstić information content (AvgIpc) is 2.95. The highest BCUT2D eigenvalue weighted by Crippen LogP contribution is 2.39. The van der Waals surface area contributed by atoms with E-state index in [9.17, 15) is 0 Å². The molecule has 100 valence electrons. The fourth-order valence-corrected chi connectivity index (χ4v) is 2.70. The third-order valence-corrected chi connectivity index (χ3v) is 3.94. The van der Waals surface area contributed by atoms with E-state index in [4.69, 9.17) is 4.42 Å². The average molecular weight is 262 g/mol. The van der Waals surface area contributed by atoms with Crippen LogP contribution in [0.5, 0.6) is 0 Å². The zero-order valence-corrected chi connectivity index (χ0v) is 11.8. The van der Waals surface area contributed by atoms with Gasteiger partial charge in [-0.1, -0.05) is 60.7 Å². The second-order valence-corrected chi connectivity index (χ2v) is 5.27. The van der Waals surface area contributed by atoms with Crippen LogP contribution in [0.2, 0.25) is 0 Å². The largest absolute Gasteiger partial charge is 0.465 e. The molecule has 1 aromatic heterocycles. The van der Waals surface area contributed by atoms with Crippen molar-refractivity contribution < 1.29 is 4.42 Å². The zero-order chi connectivity index (χ0) is 14.0. The molecule has 1 heteroatoms. The summed E-state index contributed by atoms with van der Waals surface area (Å²) in [4.78, 5) is 0. The van der Waals surface area contributed by atoms with Crippen molar-refractivity contribution in [2.45, 2.75) is 19.3 Å². The van der Waals surface area contributed by atoms with E-state index in [2.05, 4.69) is 61.5 Å². The molecule has 0 bridgehead atoms. The molecule has 1 heterocycles. The molecular formula is C19H18O. The molecule has 0 spiro atoms. The van der Waals surface area contributed by atoms with Crippen molar-refractivity contribution in [2.24, 2.45) is 0 Å². The van der Waals surface area contributed by atoms with Crippen molar-refractivity contribution in [3.63, 3.8) is 0 Å². The Morgan fingerprint density at radius 2 is 1.20 bits per heavy atom. The van der Waals surface area contributed by atoms with Crippen molar-refractivity contribution in [1.82, 2.24) is 0 Å². The third kappa shape index (κ3) is 2.05. The maximum absolute atomic E-state index is 5.96. The number of aryl methyl sites for hydroxylation is 1. The van der Waals surface area contributed by atoms with E-state index in [0.717, 1.165) is 11.5 Å². The highest BCUT2D eigenvalue weighted by molar-refractivity contribution is 5.46.